The predicted octanol–water partition coefficient (Wildman–Crippen LogP) is 5.82. The Bertz CT molecular complexity index is 762. The molecule has 0 aliphatic carbocycles. The van der Waals surface area contributed by atoms with Gasteiger partial charge in [0.25, 0.3) is 0 Å². The van der Waals surface area contributed by atoms with Gasteiger partial charge in [-0.1, -0.05) is 29.3 Å². The molecule has 0 aliphatic heterocycles. The average molecular weight is 368 g/mol. The molecule has 0 fully saturated rings. The van der Waals surface area contributed by atoms with Crippen molar-refractivity contribution in [3.05, 3.63) is 51.8 Å². The lowest BCUT2D eigenvalue weighted by Crippen LogP contribution is -2.14. The van der Waals surface area contributed by atoms with Crippen LogP contribution >= 0.6 is 23.2 Å². The van der Waals surface area contributed by atoms with Gasteiger partial charge in [0.05, 0.1) is 33.4 Å². The summed E-state index contributed by atoms with van der Waals surface area (Å²) in [6.07, 6.45) is 1.70. The molecule has 0 N–H and O–H groups in total. The molecule has 2 aromatic rings. The number of anilines is 2. The number of halogens is 3. The van der Waals surface area contributed by atoms with Crippen molar-refractivity contribution in [2.24, 2.45) is 4.99 Å². The van der Waals surface area contributed by atoms with Gasteiger partial charge < -0.3 is 9.80 Å². The number of rotatable bonds is 5. The van der Waals surface area contributed by atoms with E-state index in [1.807, 2.05) is 25.8 Å². The Morgan fingerprint density at radius 2 is 1.79 bits per heavy atom. The van der Waals surface area contributed by atoms with Crippen LogP contribution in [0.25, 0.3) is 0 Å². The molecule has 0 saturated heterocycles. The first-order chi connectivity index (χ1) is 11.3. The van der Waals surface area contributed by atoms with Crippen LogP contribution in [0.3, 0.4) is 0 Å². The molecule has 3 nitrogen and oxygen atoms in total. The lowest BCUT2D eigenvalue weighted by Gasteiger charge is -2.22. The number of hydrogen-bond acceptors (Lipinski definition) is 2. The number of aliphatic imine (C=N–C) groups is 1. The topological polar surface area (TPSA) is 18.8 Å². The first kappa shape index (κ1) is 18.6. The molecule has 0 heterocycles. The van der Waals surface area contributed by atoms with E-state index in [0.717, 1.165) is 12.1 Å². The Kier molecular flexibility index (Phi) is 6.08. The van der Waals surface area contributed by atoms with Gasteiger partial charge in [-0.05, 0) is 43.7 Å². The lowest BCUT2D eigenvalue weighted by molar-refractivity contribution is 0.552. The lowest BCUT2D eigenvalue weighted by atomic mass is 10.2. The van der Waals surface area contributed by atoms with E-state index in [0.29, 0.717) is 27.1 Å². The van der Waals surface area contributed by atoms with Crippen LogP contribution in [0.2, 0.25) is 10.0 Å². The van der Waals surface area contributed by atoms with E-state index in [4.69, 9.17) is 23.2 Å². The van der Waals surface area contributed by atoms with Crippen LogP contribution in [-0.2, 0) is 0 Å². The Morgan fingerprint density at radius 3 is 2.46 bits per heavy atom. The maximum absolute atomic E-state index is 14.1. The number of benzene rings is 2. The zero-order valence-electron chi connectivity index (χ0n) is 14.1. The van der Waals surface area contributed by atoms with Crippen molar-refractivity contribution in [3.8, 4) is 0 Å². The third kappa shape index (κ3) is 4.19. The smallest absolute Gasteiger partial charge is 0.146 e. The summed E-state index contributed by atoms with van der Waals surface area (Å²) < 4.78 is 14.1. The first-order valence-corrected chi connectivity index (χ1v) is 8.32. The second kappa shape index (κ2) is 7.86. The van der Waals surface area contributed by atoms with Crippen molar-refractivity contribution in [2.45, 2.75) is 13.8 Å². The predicted molar refractivity (Wildman–Crippen MR) is 102 cm³/mol. The Balaban J connectivity index is 2.40. The maximum Gasteiger partial charge on any atom is 0.146 e. The molecule has 0 bridgehead atoms. The van der Waals surface area contributed by atoms with Gasteiger partial charge in [-0.25, -0.2) is 9.38 Å². The van der Waals surface area contributed by atoms with Crippen LogP contribution in [0, 0.1) is 12.7 Å². The van der Waals surface area contributed by atoms with Crippen LogP contribution < -0.4 is 4.90 Å². The second-order valence-electron chi connectivity index (χ2n) is 5.59. The zero-order valence-corrected chi connectivity index (χ0v) is 15.7. The molecular weight excluding hydrogens is 348 g/mol. The van der Waals surface area contributed by atoms with Crippen LogP contribution in [0.1, 0.15) is 12.5 Å². The van der Waals surface area contributed by atoms with Crippen molar-refractivity contribution in [3.63, 3.8) is 0 Å². The first-order valence-electron chi connectivity index (χ1n) is 7.56. The van der Waals surface area contributed by atoms with Gasteiger partial charge in [-0.15, -0.1) is 0 Å². The molecule has 0 amide bonds. The molecule has 2 aromatic carbocycles. The van der Waals surface area contributed by atoms with Crippen molar-refractivity contribution >= 4 is 46.6 Å². The SMILES string of the molecule is CCN(C)/C=N\c1cc(Cl)c(N(C)c2cc(C)ccc2F)cc1Cl. The highest BCUT2D eigenvalue weighted by atomic mass is 35.5. The van der Waals surface area contributed by atoms with Crippen molar-refractivity contribution in [1.29, 1.82) is 0 Å². The van der Waals surface area contributed by atoms with E-state index in [2.05, 4.69) is 4.99 Å². The highest BCUT2D eigenvalue weighted by molar-refractivity contribution is 6.37. The molecule has 0 unspecified atom stereocenters. The summed E-state index contributed by atoms with van der Waals surface area (Å²) in [6, 6.07) is 8.31. The van der Waals surface area contributed by atoms with Crippen molar-refractivity contribution in [2.75, 3.05) is 25.5 Å². The summed E-state index contributed by atoms with van der Waals surface area (Å²) in [4.78, 5) is 7.94. The minimum atomic E-state index is -0.318. The molecule has 0 spiro atoms. The summed E-state index contributed by atoms with van der Waals surface area (Å²) >= 11 is 12.7. The van der Waals surface area contributed by atoms with Gasteiger partial charge in [0.15, 0.2) is 0 Å². The monoisotopic (exact) mass is 367 g/mol. The number of aryl methyl sites for hydroxylation is 1. The molecule has 2 rings (SSSR count). The van der Waals surface area contributed by atoms with E-state index in [-0.39, 0.29) is 5.82 Å². The van der Waals surface area contributed by atoms with Gasteiger partial charge in [-0.3, -0.25) is 0 Å². The molecule has 0 saturated carbocycles. The third-order valence-electron chi connectivity index (χ3n) is 3.73. The molecule has 0 aromatic heterocycles. The normalized spacial score (nSPS) is 11.1. The fraction of sp³-hybridized carbons (Fsp3) is 0.278. The summed E-state index contributed by atoms with van der Waals surface area (Å²) in [5.41, 5.74) is 2.59. The molecule has 0 atom stereocenters. The minimum absolute atomic E-state index is 0.318. The summed E-state index contributed by atoms with van der Waals surface area (Å²) in [5.74, 6) is -0.318. The molecule has 0 aliphatic rings. The molecule has 6 heteroatoms. The largest absolute Gasteiger partial charge is 0.366 e. The average Bonchev–Trinajstić information content (AvgIpc) is 2.56. The van der Waals surface area contributed by atoms with Gasteiger partial charge in [-0.2, -0.15) is 0 Å². The molecule has 24 heavy (non-hydrogen) atoms. The van der Waals surface area contributed by atoms with Gasteiger partial charge in [0, 0.05) is 20.6 Å². The molecule has 128 valence electrons. The highest BCUT2D eigenvalue weighted by Crippen LogP contribution is 2.39. The van der Waals surface area contributed by atoms with E-state index in [1.54, 1.807) is 42.6 Å². The van der Waals surface area contributed by atoms with E-state index >= 15 is 0 Å². The minimum Gasteiger partial charge on any atom is -0.366 e. The third-order valence-corrected chi connectivity index (χ3v) is 4.34. The van der Waals surface area contributed by atoms with E-state index in [9.17, 15) is 4.39 Å². The quantitative estimate of drug-likeness (QED) is 0.489. The van der Waals surface area contributed by atoms with Crippen LogP contribution in [0.15, 0.2) is 35.3 Å². The summed E-state index contributed by atoms with van der Waals surface area (Å²) in [6.45, 7) is 4.77. The fourth-order valence-corrected chi connectivity index (χ4v) is 2.63. The number of hydrogen-bond donors (Lipinski definition) is 0. The molecule has 0 radical (unpaired) electrons. The Morgan fingerprint density at radius 1 is 1.08 bits per heavy atom. The van der Waals surface area contributed by atoms with Crippen LogP contribution in [0.4, 0.5) is 21.5 Å². The van der Waals surface area contributed by atoms with E-state index in [1.165, 1.54) is 6.07 Å². The van der Waals surface area contributed by atoms with Gasteiger partial charge in [0.2, 0.25) is 0 Å². The van der Waals surface area contributed by atoms with Crippen LogP contribution in [0.5, 0.6) is 0 Å². The van der Waals surface area contributed by atoms with Gasteiger partial charge >= 0.3 is 0 Å². The summed E-state index contributed by atoms with van der Waals surface area (Å²) in [7, 11) is 3.67. The van der Waals surface area contributed by atoms with Crippen LogP contribution in [-0.4, -0.2) is 31.9 Å². The fourth-order valence-electron chi connectivity index (χ4n) is 2.13. The molecular formula is C18H20Cl2FN3. The zero-order chi connectivity index (χ0) is 17.9. The van der Waals surface area contributed by atoms with Crippen molar-refractivity contribution in [1.82, 2.24) is 4.90 Å². The Labute approximate surface area is 152 Å². The second-order valence-corrected chi connectivity index (χ2v) is 6.40. The van der Waals surface area contributed by atoms with Crippen molar-refractivity contribution < 1.29 is 4.39 Å². The number of nitrogens with zero attached hydrogens (tertiary/aromatic N) is 3. The van der Waals surface area contributed by atoms with E-state index < -0.39 is 0 Å². The Hall–Kier alpha value is -1.78. The standard InChI is InChI=1S/C18H20Cl2FN3/c1-5-23(3)11-22-16-9-14(20)17(10-13(16)19)24(4)18-8-12(2)6-7-15(18)21/h6-11H,5H2,1-4H3/b22-11-. The maximum atomic E-state index is 14.1. The van der Waals surface area contributed by atoms with Gasteiger partial charge in [0.1, 0.15) is 5.82 Å². The summed E-state index contributed by atoms with van der Waals surface area (Å²) in [5, 5.41) is 0.907. The highest BCUT2D eigenvalue weighted by Gasteiger charge is 2.15.